The Hall–Kier alpha value is -1.35. The first-order valence-electron chi connectivity index (χ1n) is 6.23. The van der Waals surface area contributed by atoms with E-state index >= 15 is 0 Å². The standard InChI is InChI=1S/C14H20N2O/c1-11-5-7-13(8-6-11)16(2)14(17)12-4-3-9-15-10-12/h5-8,12,15H,3-4,9-10H2,1-2H3/t12-/m1/s1. The second-order valence-electron chi connectivity index (χ2n) is 4.78. The SMILES string of the molecule is Cc1ccc(N(C)C(=O)[C@@H]2CCCNC2)cc1. The van der Waals surface area contributed by atoms with Gasteiger partial charge in [0.25, 0.3) is 0 Å². The minimum Gasteiger partial charge on any atom is -0.316 e. The van der Waals surface area contributed by atoms with E-state index in [0.717, 1.165) is 31.6 Å². The molecule has 0 saturated carbocycles. The summed E-state index contributed by atoms with van der Waals surface area (Å²) in [6.07, 6.45) is 2.10. The summed E-state index contributed by atoms with van der Waals surface area (Å²) in [6.45, 7) is 3.91. The Morgan fingerprint density at radius 3 is 2.65 bits per heavy atom. The topological polar surface area (TPSA) is 32.3 Å². The van der Waals surface area contributed by atoms with Crippen molar-refractivity contribution in [2.24, 2.45) is 5.92 Å². The molecule has 92 valence electrons. The van der Waals surface area contributed by atoms with Crippen LogP contribution in [0.2, 0.25) is 0 Å². The van der Waals surface area contributed by atoms with Crippen LogP contribution in [0.1, 0.15) is 18.4 Å². The van der Waals surface area contributed by atoms with Crippen LogP contribution in [0.5, 0.6) is 0 Å². The maximum atomic E-state index is 12.3. The summed E-state index contributed by atoms with van der Waals surface area (Å²) in [5.74, 6) is 0.358. The van der Waals surface area contributed by atoms with Crippen molar-refractivity contribution in [2.45, 2.75) is 19.8 Å². The Kier molecular flexibility index (Phi) is 3.79. The number of anilines is 1. The number of piperidine rings is 1. The van der Waals surface area contributed by atoms with E-state index < -0.39 is 0 Å². The number of hydrogen-bond donors (Lipinski definition) is 1. The van der Waals surface area contributed by atoms with E-state index in [0.29, 0.717) is 0 Å². The van der Waals surface area contributed by atoms with Crippen molar-refractivity contribution in [2.75, 3.05) is 25.0 Å². The lowest BCUT2D eigenvalue weighted by molar-refractivity contribution is -0.122. The van der Waals surface area contributed by atoms with Crippen molar-refractivity contribution in [1.29, 1.82) is 0 Å². The van der Waals surface area contributed by atoms with Gasteiger partial charge < -0.3 is 10.2 Å². The lowest BCUT2D eigenvalue weighted by Crippen LogP contribution is -2.41. The van der Waals surface area contributed by atoms with Crippen LogP contribution in [-0.2, 0) is 4.79 Å². The number of nitrogens with one attached hydrogen (secondary N) is 1. The Morgan fingerprint density at radius 2 is 2.06 bits per heavy atom. The van der Waals surface area contributed by atoms with Crippen molar-refractivity contribution in [1.82, 2.24) is 5.32 Å². The van der Waals surface area contributed by atoms with E-state index in [-0.39, 0.29) is 11.8 Å². The van der Waals surface area contributed by atoms with Gasteiger partial charge in [0, 0.05) is 19.3 Å². The number of nitrogens with zero attached hydrogens (tertiary/aromatic N) is 1. The van der Waals surface area contributed by atoms with Gasteiger partial charge in [0.1, 0.15) is 0 Å². The van der Waals surface area contributed by atoms with Crippen LogP contribution in [0, 0.1) is 12.8 Å². The van der Waals surface area contributed by atoms with E-state index in [1.54, 1.807) is 4.90 Å². The fourth-order valence-electron chi connectivity index (χ4n) is 2.23. The van der Waals surface area contributed by atoms with Crippen molar-refractivity contribution in [3.8, 4) is 0 Å². The summed E-state index contributed by atoms with van der Waals surface area (Å²) < 4.78 is 0. The van der Waals surface area contributed by atoms with Gasteiger partial charge in [-0.25, -0.2) is 0 Å². The summed E-state index contributed by atoms with van der Waals surface area (Å²) in [5.41, 5.74) is 2.19. The molecule has 1 N–H and O–H groups in total. The zero-order valence-corrected chi connectivity index (χ0v) is 10.6. The Balaban J connectivity index is 2.05. The lowest BCUT2D eigenvalue weighted by atomic mass is 9.98. The van der Waals surface area contributed by atoms with Crippen LogP contribution in [0.15, 0.2) is 24.3 Å². The molecule has 0 radical (unpaired) electrons. The molecule has 0 bridgehead atoms. The van der Waals surface area contributed by atoms with E-state index in [1.807, 2.05) is 31.3 Å². The van der Waals surface area contributed by atoms with Gasteiger partial charge in [-0.05, 0) is 38.4 Å². The predicted molar refractivity (Wildman–Crippen MR) is 70.2 cm³/mol. The van der Waals surface area contributed by atoms with Gasteiger partial charge in [-0.1, -0.05) is 17.7 Å². The molecule has 17 heavy (non-hydrogen) atoms. The zero-order valence-electron chi connectivity index (χ0n) is 10.6. The smallest absolute Gasteiger partial charge is 0.231 e. The van der Waals surface area contributed by atoms with Crippen molar-refractivity contribution >= 4 is 11.6 Å². The van der Waals surface area contributed by atoms with Crippen LogP contribution in [0.3, 0.4) is 0 Å². The molecule has 1 aromatic carbocycles. The van der Waals surface area contributed by atoms with E-state index in [1.165, 1.54) is 5.56 Å². The molecule has 1 heterocycles. The van der Waals surface area contributed by atoms with Gasteiger partial charge in [0.15, 0.2) is 0 Å². The largest absolute Gasteiger partial charge is 0.316 e. The first-order valence-corrected chi connectivity index (χ1v) is 6.23. The van der Waals surface area contributed by atoms with Gasteiger partial charge in [-0.3, -0.25) is 4.79 Å². The highest BCUT2D eigenvalue weighted by molar-refractivity contribution is 5.94. The summed E-state index contributed by atoms with van der Waals surface area (Å²) in [6, 6.07) is 8.09. The highest BCUT2D eigenvalue weighted by atomic mass is 16.2. The Morgan fingerprint density at radius 1 is 1.35 bits per heavy atom. The Bertz CT molecular complexity index is 380. The minimum absolute atomic E-state index is 0.134. The number of aryl methyl sites for hydroxylation is 1. The third-order valence-electron chi connectivity index (χ3n) is 3.40. The highest BCUT2D eigenvalue weighted by Crippen LogP contribution is 2.19. The van der Waals surface area contributed by atoms with Crippen molar-refractivity contribution < 1.29 is 4.79 Å². The Labute approximate surface area is 103 Å². The number of hydrogen-bond acceptors (Lipinski definition) is 2. The number of carbonyl (C=O) groups is 1. The summed E-state index contributed by atoms with van der Waals surface area (Å²) in [5, 5.41) is 3.28. The van der Waals surface area contributed by atoms with Crippen LogP contribution < -0.4 is 10.2 Å². The third kappa shape index (κ3) is 2.86. The second kappa shape index (κ2) is 5.32. The molecule has 1 saturated heterocycles. The normalized spacial score (nSPS) is 20.0. The van der Waals surface area contributed by atoms with Crippen LogP contribution in [-0.4, -0.2) is 26.0 Å². The summed E-state index contributed by atoms with van der Waals surface area (Å²) in [7, 11) is 1.86. The molecular weight excluding hydrogens is 212 g/mol. The van der Waals surface area contributed by atoms with Gasteiger partial charge in [0.2, 0.25) is 5.91 Å². The van der Waals surface area contributed by atoms with Crippen LogP contribution in [0.25, 0.3) is 0 Å². The minimum atomic E-state index is 0.134. The average Bonchev–Trinajstić information content (AvgIpc) is 2.39. The van der Waals surface area contributed by atoms with Gasteiger partial charge in [-0.2, -0.15) is 0 Å². The predicted octanol–water partition coefficient (Wildman–Crippen LogP) is 1.96. The van der Waals surface area contributed by atoms with Gasteiger partial charge in [-0.15, -0.1) is 0 Å². The summed E-state index contributed by atoms with van der Waals surface area (Å²) in [4.78, 5) is 14.0. The lowest BCUT2D eigenvalue weighted by Gasteiger charge is -2.27. The van der Waals surface area contributed by atoms with Crippen LogP contribution >= 0.6 is 0 Å². The molecule has 1 fully saturated rings. The highest BCUT2D eigenvalue weighted by Gasteiger charge is 2.24. The molecule has 0 aliphatic carbocycles. The molecule has 1 aliphatic rings. The van der Waals surface area contributed by atoms with Crippen molar-refractivity contribution in [3.63, 3.8) is 0 Å². The molecule has 3 heteroatoms. The first-order chi connectivity index (χ1) is 8.18. The molecule has 1 aliphatic heterocycles. The molecule has 0 unspecified atom stereocenters. The number of benzene rings is 1. The summed E-state index contributed by atoms with van der Waals surface area (Å²) >= 11 is 0. The maximum Gasteiger partial charge on any atom is 0.231 e. The molecule has 3 nitrogen and oxygen atoms in total. The molecule has 0 aromatic heterocycles. The fourth-order valence-corrected chi connectivity index (χ4v) is 2.23. The molecular formula is C14H20N2O. The molecule has 1 atom stereocenters. The quantitative estimate of drug-likeness (QED) is 0.845. The van der Waals surface area contributed by atoms with Crippen molar-refractivity contribution in [3.05, 3.63) is 29.8 Å². The number of amides is 1. The van der Waals surface area contributed by atoms with Gasteiger partial charge in [0.05, 0.1) is 5.92 Å². The monoisotopic (exact) mass is 232 g/mol. The van der Waals surface area contributed by atoms with E-state index in [4.69, 9.17) is 0 Å². The maximum absolute atomic E-state index is 12.3. The fraction of sp³-hybridized carbons (Fsp3) is 0.500. The third-order valence-corrected chi connectivity index (χ3v) is 3.40. The van der Waals surface area contributed by atoms with E-state index in [9.17, 15) is 4.79 Å². The first kappa shape index (κ1) is 12.1. The molecule has 0 spiro atoms. The molecule has 1 aromatic rings. The van der Waals surface area contributed by atoms with E-state index in [2.05, 4.69) is 12.2 Å². The van der Waals surface area contributed by atoms with Gasteiger partial charge >= 0.3 is 0 Å². The number of rotatable bonds is 2. The zero-order chi connectivity index (χ0) is 12.3. The molecule has 2 rings (SSSR count). The second-order valence-corrected chi connectivity index (χ2v) is 4.78. The number of carbonyl (C=O) groups excluding carboxylic acids is 1. The molecule has 1 amide bonds. The average molecular weight is 232 g/mol. The van der Waals surface area contributed by atoms with Crippen LogP contribution in [0.4, 0.5) is 5.69 Å².